The fourth-order valence-corrected chi connectivity index (χ4v) is 2.95. The van der Waals surface area contributed by atoms with Gasteiger partial charge < -0.3 is 10.1 Å². The topological polar surface area (TPSA) is 38.3 Å². The molecule has 0 unspecified atom stereocenters. The number of hydrogen-bond acceptors (Lipinski definition) is 3. The highest BCUT2D eigenvalue weighted by atomic mass is 35.5. The molecule has 0 heterocycles. The zero-order chi connectivity index (χ0) is 15.2. The maximum absolute atomic E-state index is 13.0. The highest BCUT2D eigenvalue weighted by Gasteiger charge is 2.26. The van der Waals surface area contributed by atoms with Gasteiger partial charge in [0.25, 0.3) is 0 Å². The second-order valence-electron chi connectivity index (χ2n) is 5.42. The lowest BCUT2D eigenvalue weighted by atomic mass is 9.86. The van der Waals surface area contributed by atoms with Crippen molar-refractivity contribution in [1.82, 2.24) is 5.32 Å². The Morgan fingerprint density at radius 2 is 2.10 bits per heavy atom. The highest BCUT2D eigenvalue weighted by Crippen LogP contribution is 2.26. The van der Waals surface area contributed by atoms with Crippen LogP contribution in [0.1, 0.15) is 38.2 Å². The minimum atomic E-state index is -0.321. The van der Waals surface area contributed by atoms with E-state index in [9.17, 15) is 9.18 Å². The largest absolute Gasteiger partial charge is 0.466 e. The summed E-state index contributed by atoms with van der Waals surface area (Å²) < 4.78 is 18.0. The number of carbonyl (C=O) groups excluding carboxylic acids is 1. The number of esters is 1. The van der Waals surface area contributed by atoms with Crippen LogP contribution in [-0.4, -0.2) is 18.6 Å². The summed E-state index contributed by atoms with van der Waals surface area (Å²) >= 11 is 6.01. The molecule has 2 rings (SSSR count). The smallest absolute Gasteiger partial charge is 0.308 e. The summed E-state index contributed by atoms with van der Waals surface area (Å²) in [5.74, 6) is -0.353. The Hall–Kier alpha value is -1.13. The molecule has 1 aromatic rings. The van der Waals surface area contributed by atoms with E-state index in [-0.39, 0.29) is 17.7 Å². The predicted molar refractivity (Wildman–Crippen MR) is 80.6 cm³/mol. The van der Waals surface area contributed by atoms with Crippen molar-refractivity contribution in [3.63, 3.8) is 0 Å². The van der Waals surface area contributed by atoms with Crippen LogP contribution in [0.5, 0.6) is 0 Å². The number of nitrogens with one attached hydrogen (secondary N) is 1. The van der Waals surface area contributed by atoms with Crippen molar-refractivity contribution in [1.29, 1.82) is 0 Å². The van der Waals surface area contributed by atoms with Crippen molar-refractivity contribution in [2.45, 2.75) is 45.2 Å². The maximum atomic E-state index is 13.0. The first-order chi connectivity index (χ1) is 10.1. The maximum Gasteiger partial charge on any atom is 0.308 e. The van der Waals surface area contributed by atoms with Gasteiger partial charge in [0.1, 0.15) is 5.82 Å². The zero-order valence-electron chi connectivity index (χ0n) is 12.2. The summed E-state index contributed by atoms with van der Waals surface area (Å²) in [6.45, 7) is 2.89. The Kier molecular flexibility index (Phi) is 6.00. The molecule has 116 valence electrons. The number of hydrogen-bond donors (Lipinski definition) is 1. The quantitative estimate of drug-likeness (QED) is 0.843. The average Bonchev–Trinajstić information content (AvgIpc) is 2.47. The molecule has 21 heavy (non-hydrogen) atoms. The first-order valence-corrected chi connectivity index (χ1v) is 7.82. The molecule has 1 aliphatic rings. The fraction of sp³-hybridized carbons (Fsp3) is 0.562. The molecule has 0 bridgehead atoms. The van der Waals surface area contributed by atoms with Crippen LogP contribution in [0.3, 0.4) is 0 Å². The molecule has 0 spiro atoms. The summed E-state index contributed by atoms with van der Waals surface area (Å²) in [6.07, 6.45) is 3.60. The molecule has 0 aliphatic heterocycles. The third kappa shape index (κ3) is 4.68. The molecule has 0 aromatic heterocycles. The summed E-state index contributed by atoms with van der Waals surface area (Å²) in [7, 11) is 0. The standard InChI is InChI=1S/C16H21ClFNO2/c1-2-21-16(20)11-4-7-14(8-5-11)19-10-12-3-6-13(18)9-15(12)17/h3,6,9,11,14,19H,2,4-5,7-8,10H2,1H3. The number of benzene rings is 1. The third-order valence-electron chi connectivity index (χ3n) is 3.94. The van der Waals surface area contributed by atoms with Gasteiger partial charge in [-0.15, -0.1) is 0 Å². The SMILES string of the molecule is CCOC(=O)C1CCC(NCc2ccc(F)cc2Cl)CC1. The number of rotatable bonds is 5. The molecular weight excluding hydrogens is 293 g/mol. The van der Waals surface area contributed by atoms with Crippen molar-refractivity contribution in [2.75, 3.05) is 6.61 Å². The minimum Gasteiger partial charge on any atom is -0.466 e. The van der Waals surface area contributed by atoms with Gasteiger partial charge in [-0.1, -0.05) is 17.7 Å². The van der Waals surface area contributed by atoms with Crippen LogP contribution in [0.25, 0.3) is 0 Å². The van der Waals surface area contributed by atoms with Gasteiger partial charge in [-0.2, -0.15) is 0 Å². The Balaban J connectivity index is 1.77. The third-order valence-corrected chi connectivity index (χ3v) is 4.30. The molecule has 1 aromatic carbocycles. The van der Waals surface area contributed by atoms with Crippen LogP contribution in [-0.2, 0) is 16.1 Å². The van der Waals surface area contributed by atoms with Crippen LogP contribution >= 0.6 is 11.6 Å². The Morgan fingerprint density at radius 3 is 2.71 bits per heavy atom. The predicted octanol–water partition coefficient (Wildman–Crippen LogP) is 3.69. The van der Waals surface area contributed by atoms with E-state index in [1.165, 1.54) is 12.1 Å². The van der Waals surface area contributed by atoms with E-state index in [2.05, 4.69) is 5.32 Å². The Morgan fingerprint density at radius 1 is 1.38 bits per heavy atom. The van der Waals surface area contributed by atoms with Crippen molar-refractivity contribution in [2.24, 2.45) is 5.92 Å². The van der Waals surface area contributed by atoms with Gasteiger partial charge in [-0.3, -0.25) is 4.79 Å². The van der Waals surface area contributed by atoms with E-state index in [1.54, 1.807) is 6.07 Å². The van der Waals surface area contributed by atoms with Crippen LogP contribution in [0, 0.1) is 11.7 Å². The second-order valence-corrected chi connectivity index (χ2v) is 5.82. The highest BCUT2D eigenvalue weighted by molar-refractivity contribution is 6.31. The minimum absolute atomic E-state index is 0.0393. The molecule has 1 fully saturated rings. The van der Waals surface area contributed by atoms with E-state index >= 15 is 0 Å². The summed E-state index contributed by atoms with van der Waals surface area (Å²) in [5, 5.41) is 3.88. The van der Waals surface area contributed by atoms with Crippen LogP contribution in [0.15, 0.2) is 18.2 Å². The van der Waals surface area contributed by atoms with Crippen LogP contribution in [0.2, 0.25) is 5.02 Å². The normalized spacial score (nSPS) is 22.0. The van der Waals surface area contributed by atoms with Gasteiger partial charge in [0, 0.05) is 17.6 Å². The van der Waals surface area contributed by atoms with E-state index in [1.807, 2.05) is 6.92 Å². The summed E-state index contributed by atoms with van der Waals surface area (Å²) in [6, 6.07) is 4.82. The van der Waals surface area contributed by atoms with Crippen molar-refractivity contribution in [3.8, 4) is 0 Å². The van der Waals surface area contributed by atoms with Gasteiger partial charge in [0.15, 0.2) is 0 Å². The van der Waals surface area contributed by atoms with Crippen LogP contribution in [0.4, 0.5) is 4.39 Å². The van der Waals surface area contributed by atoms with E-state index in [0.29, 0.717) is 24.2 Å². The summed E-state index contributed by atoms with van der Waals surface area (Å²) in [4.78, 5) is 11.7. The van der Waals surface area contributed by atoms with Crippen LogP contribution < -0.4 is 5.32 Å². The molecule has 1 aliphatic carbocycles. The molecule has 1 N–H and O–H groups in total. The molecular formula is C16H21ClFNO2. The van der Waals surface area contributed by atoms with Gasteiger partial charge >= 0.3 is 5.97 Å². The van der Waals surface area contributed by atoms with Gasteiger partial charge in [-0.25, -0.2) is 4.39 Å². The lowest BCUT2D eigenvalue weighted by Gasteiger charge is -2.28. The first kappa shape index (κ1) is 16.2. The average molecular weight is 314 g/mol. The number of ether oxygens (including phenoxy) is 1. The van der Waals surface area contributed by atoms with Crippen molar-refractivity contribution < 1.29 is 13.9 Å². The monoisotopic (exact) mass is 313 g/mol. The summed E-state index contributed by atoms with van der Waals surface area (Å²) in [5.41, 5.74) is 0.894. The van der Waals surface area contributed by atoms with Crippen molar-refractivity contribution in [3.05, 3.63) is 34.6 Å². The lowest BCUT2D eigenvalue weighted by molar-refractivity contribution is -0.149. The number of carbonyl (C=O) groups is 1. The first-order valence-electron chi connectivity index (χ1n) is 7.44. The van der Waals surface area contributed by atoms with Gasteiger partial charge in [0.2, 0.25) is 0 Å². The van der Waals surface area contributed by atoms with Gasteiger partial charge in [-0.05, 0) is 50.3 Å². The van der Waals surface area contributed by atoms with E-state index < -0.39 is 0 Å². The van der Waals surface area contributed by atoms with E-state index in [4.69, 9.17) is 16.3 Å². The molecule has 0 saturated heterocycles. The molecule has 1 saturated carbocycles. The molecule has 0 radical (unpaired) electrons. The molecule has 0 amide bonds. The van der Waals surface area contributed by atoms with Crippen molar-refractivity contribution >= 4 is 17.6 Å². The zero-order valence-corrected chi connectivity index (χ0v) is 13.0. The van der Waals surface area contributed by atoms with E-state index in [0.717, 1.165) is 31.2 Å². The molecule has 0 atom stereocenters. The second kappa shape index (κ2) is 7.76. The molecule has 5 heteroatoms. The fourth-order valence-electron chi connectivity index (χ4n) is 2.71. The van der Waals surface area contributed by atoms with Gasteiger partial charge in [0.05, 0.1) is 12.5 Å². The Bertz CT molecular complexity index is 487. The Labute approximate surface area is 129 Å². The lowest BCUT2D eigenvalue weighted by Crippen LogP contribution is -2.35. The number of halogens is 2. The molecule has 3 nitrogen and oxygen atoms in total.